The number of ether oxygens (including phenoxy) is 2. The lowest BCUT2D eigenvalue weighted by atomic mass is 9.99. The summed E-state index contributed by atoms with van der Waals surface area (Å²) in [6.07, 6.45) is -1.84. The maximum Gasteiger partial charge on any atom is 0.416 e. The standard InChI is InChI=1S/C24H27F3N2O6S/c25-24(26,27)19-2-1-17-9-28(10-18(17)7-19)11-20-8-22(30)23(15-34-20)35-12-16-3-5-29(6-4-16)36(31,32)21-13-33-14-21/h1-2,7-8,15-16,21H,3-6,9-14H2. The van der Waals surface area contributed by atoms with Gasteiger partial charge in [-0.25, -0.2) is 12.7 Å². The first kappa shape index (κ1) is 25.2. The second kappa shape index (κ2) is 9.81. The van der Waals surface area contributed by atoms with Crippen molar-refractivity contribution in [2.75, 3.05) is 32.9 Å². The Balaban J connectivity index is 1.12. The van der Waals surface area contributed by atoms with Crippen molar-refractivity contribution in [1.82, 2.24) is 9.21 Å². The number of halogens is 3. The zero-order valence-electron chi connectivity index (χ0n) is 19.5. The maximum atomic E-state index is 13.0. The summed E-state index contributed by atoms with van der Waals surface area (Å²) in [6, 6.07) is 5.09. The van der Waals surface area contributed by atoms with E-state index in [9.17, 15) is 26.4 Å². The van der Waals surface area contributed by atoms with E-state index in [1.165, 1.54) is 28.8 Å². The van der Waals surface area contributed by atoms with Crippen LogP contribution >= 0.6 is 0 Å². The molecule has 3 aliphatic rings. The number of hydrogen-bond donors (Lipinski definition) is 0. The lowest BCUT2D eigenvalue weighted by Crippen LogP contribution is -2.51. The van der Waals surface area contributed by atoms with Crippen LogP contribution in [0.15, 0.2) is 39.7 Å². The molecule has 0 unspecified atom stereocenters. The largest absolute Gasteiger partial charge is 0.486 e. The van der Waals surface area contributed by atoms with Gasteiger partial charge in [-0.2, -0.15) is 13.2 Å². The first-order valence-electron chi connectivity index (χ1n) is 11.8. The highest BCUT2D eigenvalue weighted by Crippen LogP contribution is 2.33. The fourth-order valence-electron chi connectivity index (χ4n) is 4.74. The van der Waals surface area contributed by atoms with E-state index in [4.69, 9.17) is 13.9 Å². The van der Waals surface area contributed by atoms with Crippen molar-refractivity contribution in [3.05, 3.63) is 63.2 Å². The van der Waals surface area contributed by atoms with E-state index in [1.54, 1.807) is 0 Å². The van der Waals surface area contributed by atoms with Crippen molar-refractivity contribution in [1.29, 1.82) is 0 Å². The van der Waals surface area contributed by atoms with E-state index in [0.29, 0.717) is 50.3 Å². The minimum absolute atomic E-state index is 0.0833. The number of benzene rings is 1. The second-order valence-electron chi connectivity index (χ2n) is 9.56. The molecule has 1 aromatic carbocycles. The highest BCUT2D eigenvalue weighted by atomic mass is 32.2. The number of fused-ring (bicyclic) bond motifs is 1. The molecule has 0 amide bonds. The van der Waals surface area contributed by atoms with Gasteiger partial charge in [0, 0.05) is 32.2 Å². The summed E-state index contributed by atoms with van der Waals surface area (Å²) in [5.41, 5.74) is 0.436. The van der Waals surface area contributed by atoms with E-state index >= 15 is 0 Å². The van der Waals surface area contributed by atoms with Crippen molar-refractivity contribution in [2.45, 2.75) is 43.9 Å². The zero-order chi connectivity index (χ0) is 25.5. The predicted octanol–water partition coefficient (Wildman–Crippen LogP) is 2.99. The van der Waals surface area contributed by atoms with Crippen molar-refractivity contribution in [3.63, 3.8) is 0 Å². The van der Waals surface area contributed by atoms with Gasteiger partial charge in [0.15, 0.2) is 0 Å². The lowest BCUT2D eigenvalue weighted by Gasteiger charge is -2.36. The third-order valence-electron chi connectivity index (χ3n) is 6.99. The summed E-state index contributed by atoms with van der Waals surface area (Å²) in [5, 5.41) is -0.444. The topological polar surface area (TPSA) is 89.3 Å². The van der Waals surface area contributed by atoms with Crippen LogP contribution in [0.4, 0.5) is 13.2 Å². The van der Waals surface area contributed by atoms with Gasteiger partial charge in [-0.3, -0.25) is 9.69 Å². The van der Waals surface area contributed by atoms with E-state index < -0.39 is 27.0 Å². The third-order valence-corrected chi connectivity index (χ3v) is 9.19. The SMILES string of the molecule is O=c1cc(CN2Cc3ccc(C(F)(F)F)cc3C2)occ1OCC1CCN(S(=O)(=O)C2COC2)CC1. The minimum atomic E-state index is -4.38. The predicted molar refractivity (Wildman–Crippen MR) is 123 cm³/mol. The number of sulfonamides is 1. The number of hydrogen-bond acceptors (Lipinski definition) is 7. The molecule has 5 rings (SSSR count). The van der Waals surface area contributed by atoms with Gasteiger partial charge in [-0.15, -0.1) is 0 Å². The normalized spacial score (nSPS) is 20.3. The van der Waals surface area contributed by atoms with Crippen LogP contribution in [0.3, 0.4) is 0 Å². The van der Waals surface area contributed by atoms with Crippen molar-refractivity contribution >= 4 is 10.0 Å². The Morgan fingerprint density at radius 1 is 1.06 bits per heavy atom. The molecule has 0 saturated carbocycles. The van der Waals surface area contributed by atoms with E-state index in [-0.39, 0.29) is 43.5 Å². The monoisotopic (exact) mass is 528 g/mol. The number of rotatable bonds is 7. The quantitative estimate of drug-likeness (QED) is 0.546. The average molecular weight is 529 g/mol. The molecule has 36 heavy (non-hydrogen) atoms. The summed E-state index contributed by atoms with van der Waals surface area (Å²) in [7, 11) is -3.32. The summed E-state index contributed by atoms with van der Waals surface area (Å²) in [6.45, 7) is 2.72. The van der Waals surface area contributed by atoms with Gasteiger partial charge in [-0.1, -0.05) is 6.07 Å². The van der Waals surface area contributed by atoms with Gasteiger partial charge in [0.05, 0.1) is 31.9 Å². The van der Waals surface area contributed by atoms with Crippen LogP contribution in [-0.2, 0) is 40.6 Å². The van der Waals surface area contributed by atoms with E-state index in [2.05, 4.69) is 0 Å². The lowest BCUT2D eigenvalue weighted by molar-refractivity contribution is -0.137. The Labute approximate surface area is 206 Å². The molecule has 0 spiro atoms. The number of alkyl halides is 3. The Morgan fingerprint density at radius 2 is 1.78 bits per heavy atom. The molecule has 1 aromatic heterocycles. The Morgan fingerprint density at radius 3 is 2.42 bits per heavy atom. The fraction of sp³-hybridized carbons (Fsp3) is 0.542. The molecular formula is C24H27F3N2O6S. The van der Waals surface area contributed by atoms with Crippen LogP contribution in [0.5, 0.6) is 5.75 Å². The summed E-state index contributed by atoms with van der Waals surface area (Å²) in [4.78, 5) is 14.4. The molecule has 0 radical (unpaired) electrons. The summed E-state index contributed by atoms with van der Waals surface area (Å²) >= 11 is 0. The van der Waals surface area contributed by atoms with Crippen molar-refractivity contribution < 1.29 is 35.5 Å². The van der Waals surface area contributed by atoms with Crippen LogP contribution in [0, 0.1) is 5.92 Å². The molecule has 196 valence electrons. The minimum Gasteiger partial charge on any atom is -0.486 e. The van der Waals surface area contributed by atoms with Gasteiger partial charge in [0.25, 0.3) is 0 Å². The van der Waals surface area contributed by atoms with Crippen LogP contribution in [0.1, 0.15) is 35.3 Å². The first-order chi connectivity index (χ1) is 17.1. The number of piperidine rings is 1. The smallest absolute Gasteiger partial charge is 0.416 e. The second-order valence-corrected chi connectivity index (χ2v) is 11.8. The van der Waals surface area contributed by atoms with E-state index in [1.807, 2.05) is 4.90 Å². The van der Waals surface area contributed by atoms with Gasteiger partial charge in [-0.05, 0) is 42.0 Å². The molecule has 4 heterocycles. The fourth-order valence-corrected chi connectivity index (χ4v) is 6.41. The molecule has 2 saturated heterocycles. The van der Waals surface area contributed by atoms with Gasteiger partial charge < -0.3 is 13.9 Å². The highest BCUT2D eigenvalue weighted by Gasteiger charge is 2.39. The van der Waals surface area contributed by atoms with Gasteiger partial charge >= 0.3 is 6.18 Å². The van der Waals surface area contributed by atoms with Crippen molar-refractivity contribution in [2.24, 2.45) is 5.92 Å². The first-order valence-corrected chi connectivity index (χ1v) is 13.3. The molecule has 0 aliphatic carbocycles. The van der Waals surface area contributed by atoms with Crippen LogP contribution in [0.2, 0.25) is 0 Å². The van der Waals surface area contributed by atoms with Crippen LogP contribution in [-0.4, -0.2) is 55.8 Å². The molecule has 3 aliphatic heterocycles. The summed E-state index contributed by atoms with van der Waals surface area (Å²) in [5.74, 6) is 0.604. The van der Waals surface area contributed by atoms with Crippen LogP contribution < -0.4 is 10.2 Å². The van der Waals surface area contributed by atoms with Gasteiger partial charge in [0.1, 0.15) is 17.3 Å². The Bertz CT molecular complexity index is 1270. The number of nitrogens with zero attached hydrogens (tertiary/aromatic N) is 2. The van der Waals surface area contributed by atoms with Gasteiger partial charge in [0.2, 0.25) is 21.2 Å². The van der Waals surface area contributed by atoms with Crippen LogP contribution in [0.25, 0.3) is 0 Å². The van der Waals surface area contributed by atoms with E-state index in [0.717, 1.165) is 11.6 Å². The molecule has 12 heteroatoms. The molecule has 0 N–H and O–H groups in total. The Kier molecular flexibility index (Phi) is 6.88. The average Bonchev–Trinajstić information content (AvgIpc) is 3.18. The van der Waals surface area contributed by atoms with Crippen molar-refractivity contribution in [3.8, 4) is 5.75 Å². The molecule has 0 atom stereocenters. The molecule has 0 bridgehead atoms. The molecule has 2 fully saturated rings. The molecule has 2 aromatic rings. The highest BCUT2D eigenvalue weighted by molar-refractivity contribution is 7.89. The molecule has 8 nitrogen and oxygen atoms in total. The summed E-state index contributed by atoms with van der Waals surface area (Å²) < 4.78 is 81.7. The zero-order valence-corrected chi connectivity index (χ0v) is 20.3. The molecular weight excluding hydrogens is 501 g/mol. The maximum absolute atomic E-state index is 13.0. The Hall–Kier alpha value is -2.41. The third kappa shape index (κ3) is 5.31.